The van der Waals surface area contributed by atoms with Crippen LogP contribution in [0.25, 0.3) is 10.6 Å². The van der Waals surface area contributed by atoms with E-state index in [0.717, 1.165) is 16.1 Å². The number of nitrogens with zero attached hydrogens (tertiary/aromatic N) is 4. The molecule has 0 spiro atoms. The molecule has 0 atom stereocenters. The zero-order valence-corrected chi connectivity index (χ0v) is 17.3. The van der Waals surface area contributed by atoms with Crippen LogP contribution in [0.3, 0.4) is 0 Å². The molecule has 0 aliphatic carbocycles. The minimum atomic E-state index is 0. The summed E-state index contributed by atoms with van der Waals surface area (Å²) in [5, 5.41) is 16.5. The van der Waals surface area contributed by atoms with E-state index >= 15 is 0 Å². The molecular weight excluding hydrogens is 341 g/mol. The Labute approximate surface area is 172 Å². The van der Waals surface area contributed by atoms with Crippen molar-refractivity contribution in [2.45, 2.75) is 19.8 Å². The summed E-state index contributed by atoms with van der Waals surface area (Å²) in [5.74, 6) is 0.142. The van der Waals surface area contributed by atoms with Gasteiger partial charge in [-0.2, -0.15) is 31.7 Å². The van der Waals surface area contributed by atoms with Crippen LogP contribution in [-0.2, 0) is 0 Å². The molecule has 0 unspecified atom stereocenters. The average Bonchev–Trinajstić information content (AvgIpc) is 3.04. The van der Waals surface area contributed by atoms with Gasteiger partial charge in [0.05, 0.1) is 9.91 Å². The first-order chi connectivity index (χ1) is 9.16. The maximum Gasteiger partial charge on any atom is 1.00 e. The van der Waals surface area contributed by atoms with E-state index in [1.165, 1.54) is 22.5 Å². The third kappa shape index (κ3) is 3.09. The van der Waals surface area contributed by atoms with Crippen LogP contribution in [0.2, 0.25) is 0 Å². The Balaban J connectivity index is 0.00000147. The van der Waals surface area contributed by atoms with Crippen LogP contribution in [0.1, 0.15) is 22.6 Å². The van der Waals surface area contributed by atoms with Crippen molar-refractivity contribution in [1.29, 1.82) is 0 Å². The Kier molecular flexibility index (Phi) is 5.59. The Hall–Kier alpha value is -0.00987. The third-order valence-electron chi connectivity index (χ3n) is 3.28. The van der Waals surface area contributed by atoms with E-state index in [9.17, 15) is 0 Å². The van der Waals surface area contributed by atoms with Gasteiger partial charge in [0.1, 0.15) is 0 Å². The summed E-state index contributed by atoms with van der Waals surface area (Å²) in [4.78, 5) is 0.472. The van der Waals surface area contributed by atoms with Crippen LogP contribution in [0, 0.1) is 19.9 Å². The average molecular weight is 351 g/mol. The summed E-state index contributed by atoms with van der Waals surface area (Å²) < 4.78 is 0. The second-order valence-electron chi connectivity index (χ2n) is 4.37. The van der Waals surface area contributed by atoms with Crippen LogP contribution in [0.5, 0.6) is 0 Å². The van der Waals surface area contributed by atoms with Crippen molar-refractivity contribution in [2.24, 2.45) is 10.2 Å². The van der Waals surface area contributed by atoms with Gasteiger partial charge in [-0.25, -0.2) is 0 Å². The summed E-state index contributed by atoms with van der Waals surface area (Å²) in [5.41, 5.74) is 4.47. The Morgan fingerprint density at radius 1 is 1.15 bits per heavy atom. The molecule has 7 heteroatoms. The second-order valence-corrected chi connectivity index (χ2v) is 5.38. The topological polar surface area (TPSA) is 50.5 Å². The van der Waals surface area contributed by atoms with E-state index in [1.54, 1.807) is 0 Å². The first-order valence-corrected chi connectivity index (χ1v) is 6.66. The van der Waals surface area contributed by atoms with Gasteiger partial charge in [-0.1, -0.05) is 13.8 Å². The molecule has 0 N–H and O–H groups in total. The van der Waals surface area contributed by atoms with E-state index in [4.69, 9.17) is 7.85 Å². The summed E-state index contributed by atoms with van der Waals surface area (Å²) in [6.07, 6.45) is 3.66. The molecule has 1 aliphatic rings. The fraction of sp³-hybridized carbons (Fsp3) is 0.231. The molecule has 1 aliphatic heterocycles. The zero-order chi connectivity index (χ0) is 13.4. The summed E-state index contributed by atoms with van der Waals surface area (Å²) in [6, 6.07) is 5.26. The zero-order valence-electron chi connectivity index (χ0n) is 11.6. The van der Waals surface area contributed by atoms with Gasteiger partial charge in [0.25, 0.3) is 0 Å². The third-order valence-corrected chi connectivity index (χ3v) is 4.05. The number of hydrogen-bond acceptors (Lipinski definition) is 5. The smallest absolute Gasteiger partial charge is 0.190 e. The van der Waals surface area contributed by atoms with Gasteiger partial charge in [-0.05, 0) is 0 Å². The molecule has 92 valence electrons. The maximum absolute atomic E-state index is 5.63. The van der Waals surface area contributed by atoms with E-state index < -0.39 is 0 Å². The van der Waals surface area contributed by atoms with Gasteiger partial charge in [-0.15, -0.1) is 34.4 Å². The van der Waals surface area contributed by atoms with Crippen molar-refractivity contribution in [3.05, 3.63) is 28.8 Å². The van der Waals surface area contributed by atoms with Gasteiger partial charge in [0, 0.05) is 18.3 Å². The molecule has 1 aromatic carbocycles. The Morgan fingerprint density at radius 3 is 2.45 bits per heavy atom. The fourth-order valence-corrected chi connectivity index (χ4v) is 2.77. The van der Waals surface area contributed by atoms with Crippen molar-refractivity contribution in [3.63, 3.8) is 0 Å². The van der Waals surface area contributed by atoms with Crippen molar-refractivity contribution < 1.29 is 58.2 Å². The molecule has 2 radical (unpaired) electrons. The Bertz CT molecular complexity index is 684. The normalized spacial score (nSPS) is 13.7. The van der Waals surface area contributed by atoms with E-state index in [0.29, 0.717) is 4.91 Å². The number of aromatic nitrogens is 2. The minimum Gasteiger partial charge on any atom is -0.190 e. The van der Waals surface area contributed by atoms with Gasteiger partial charge in [-0.3, -0.25) is 0 Å². The summed E-state index contributed by atoms with van der Waals surface area (Å²) in [7, 11) is 5.63. The second kappa shape index (κ2) is 6.83. The monoisotopic (exact) mass is 350 g/mol. The van der Waals surface area contributed by atoms with E-state index in [2.05, 4.69) is 40.3 Å². The van der Waals surface area contributed by atoms with Crippen molar-refractivity contribution in [1.82, 2.24) is 10.2 Å². The van der Waals surface area contributed by atoms with Gasteiger partial charge in [0.15, 0.2) is 7.85 Å². The summed E-state index contributed by atoms with van der Waals surface area (Å²) >= 11 is 1.37. The first-order valence-electron chi connectivity index (χ1n) is 5.84. The molecular formula is C13H10BN4RbS. The number of rotatable bonds is 2. The van der Waals surface area contributed by atoms with Crippen molar-refractivity contribution in [3.8, 4) is 10.6 Å². The van der Waals surface area contributed by atoms with Crippen LogP contribution in [0.15, 0.2) is 16.3 Å². The quantitative estimate of drug-likeness (QED) is 0.493. The van der Waals surface area contributed by atoms with Crippen LogP contribution in [-0.4, -0.2) is 30.5 Å². The van der Waals surface area contributed by atoms with Gasteiger partial charge < -0.3 is 0 Å². The molecule has 1 aromatic heterocycles. The van der Waals surface area contributed by atoms with E-state index in [-0.39, 0.29) is 64.1 Å². The molecule has 0 amide bonds. The molecule has 3 rings (SSSR count). The van der Waals surface area contributed by atoms with Crippen LogP contribution >= 0.6 is 11.3 Å². The first kappa shape index (κ1) is 16.4. The molecule has 0 bridgehead atoms. The molecule has 0 saturated carbocycles. The van der Waals surface area contributed by atoms with Crippen LogP contribution in [0.4, 0.5) is 0 Å². The van der Waals surface area contributed by atoms with Crippen molar-refractivity contribution >= 4 is 36.5 Å². The maximum atomic E-state index is 5.63. The standard InChI is InChI=1S/C13H10BN4S.Rb/c1-7-8(2)11(12-17-18-13(14)19-12)4-3-10(7)9-5-15-16-6-9;/h3,5-6,9H,1-2H3;/q-1;+1. The molecule has 20 heavy (non-hydrogen) atoms. The van der Waals surface area contributed by atoms with Gasteiger partial charge >= 0.3 is 58.2 Å². The molecule has 2 aromatic rings. The van der Waals surface area contributed by atoms with Gasteiger partial charge in [0.2, 0.25) is 0 Å². The molecule has 0 saturated heterocycles. The number of benzene rings is 1. The number of hydrogen-bond donors (Lipinski definition) is 0. The Morgan fingerprint density at radius 2 is 1.85 bits per heavy atom. The molecule has 4 nitrogen and oxygen atoms in total. The van der Waals surface area contributed by atoms with Crippen molar-refractivity contribution in [2.75, 3.05) is 0 Å². The SMILES string of the molecule is [B]c1nnc(-c2[c-]cc(C3C=NN=C3)c(C)c2C)s1.[Rb+]. The molecule has 0 fully saturated rings. The molecule has 2 heterocycles. The van der Waals surface area contributed by atoms with E-state index in [1.807, 2.05) is 18.5 Å². The predicted molar refractivity (Wildman–Crippen MR) is 78.8 cm³/mol. The predicted octanol–water partition coefficient (Wildman–Crippen LogP) is -1.43. The largest absolute Gasteiger partial charge is 1.00 e. The minimum absolute atomic E-state index is 0. The summed E-state index contributed by atoms with van der Waals surface area (Å²) in [6.45, 7) is 4.15. The van der Waals surface area contributed by atoms with Crippen LogP contribution < -0.4 is 63.1 Å². The fourth-order valence-electron chi connectivity index (χ4n) is 2.09.